The van der Waals surface area contributed by atoms with Crippen LogP contribution < -0.4 is 0 Å². The summed E-state index contributed by atoms with van der Waals surface area (Å²) in [7, 11) is 0. The molecule has 2 rings (SSSR count). The Morgan fingerprint density at radius 1 is 0.600 bits per heavy atom. The lowest BCUT2D eigenvalue weighted by Crippen LogP contribution is -2.58. The summed E-state index contributed by atoms with van der Waals surface area (Å²) in [5.74, 6) is 0. The maximum atomic E-state index is 2.75. The van der Waals surface area contributed by atoms with Gasteiger partial charge in [-0.25, -0.2) is 0 Å². The first-order valence-electron chi connectivity index (χ1n) is 8.42. The van der Waals surface area contributed by atoms with E-state index >= 15 is 0 Å². The van der Waals surface area contributed by atoms with Crippen LogP contribution in [0.5, 0.6) is 0 Å². The molecule has 2 fully saturated rings. The Kier molecular flexibility index (Phi) is 4.83. The molecule has 2 saturated heterocycles. The van der Waals surface area contributed by atoms with E-state index in [9.17, 15) is 0 Å². The molecule has 0 aromatic carbocycles. The van der Waals surface area contributed by atoms with Crippen LogP contribution in [0.15, 0.2) is 0 Å². The quantitative estimate of drug-likeness (QED) is 0.731. The molecule has 0 saturated carbocycles. The molecule has 0 bridgehead atoms. The van der Waals surface area contributed by atoms with Crippen LogP contribution in [0.2, 0.25) is 0 Å². The van der Waals surface area contributed by atoms with Crippen LogP contribution in [0.25, 0.3) is 0 Å². The predicted octanol–water partition coefficient (Wildman–Crippen LogP) is 2.67. The first kappa shape index (κ1) is 16.3. The van der Waals surface area contributed by atoms with Crippen LogP contribution >= 0.6 is 0 Å². The van der Waals surface area contributed by atoms with E-state index in [1.54, 1.807) is 0 Å². The smallest absolute Gasteiger partial charge is 0.0126 e. The van der Waals surface area contributed by atoms with E-state index in [2.05, 4.69) is 56.2 Å². The molecule has 0 N–H and O–H groups in total. The highest BCUT2D eigenvalue weighted by Gasteiger charge is 2.32. The van der Waals surface area contributed by atoms with E-state index in [1.165, 1.54) is 52.1 Å². The molecule has 2 aliphatic heterocycles. The van der Waals surface area contributed by atoms with Crippen LogP contribution in [-0.2, 0) is 0 Å². The van der Waals surface area contributed by atoms with Crippen molar-refractivity contribution >= 4 is 0 Å². The summed E-state index contributed by atoms with van der Waals surface area (Å²) in [6.07, 6.45) is 2.71. The van der Waals surface area contributed by atoms with Crippen LogP contribution in [0, 0.1) is 0 Å². The summed E-state index contributed by atoms with van der Waals surface area (Å²) in [5, 5.41) is 0. The molecular weight excluding hydrogens is 246 g/mol. The van der Waals surface area contributed by atoms with E-state index in [0.717, 1.165) is 6.04 Å². The van der Waals surface area contributed by atoms with Crippen molar-refractivity contribution in [1.82, 2.24) is 14.7 Å². The minimum Gasteiger partial charge on any atom is -0.298 e. The van der Waals surface area contributed by atoms with Crippen molar-refractivity contribution in [3.05, 3.63) is 0 Å². The topological polar surface area (TPSA) is 9.72 Å². The van der Waals surface area contributed by atoms with Crippen molar-refractivity contribution in [1.29, 1.82) is 0 Å². The molecule has 2 aliphatic rings. The molecule has 118 valence electrons. The van der Waals surface area contributed by atoms with Crippen molar-refractivity contribution in [2.24, 2.45) is 0 Å². The van der Waals surface area contributed by atoms with E-state index in [4.69, 9.17) is 0 Å². The second-order valence-corrected chi connectivity index (χ2v) is 8.58. The van der Waals surface area contributed by atoms with Gasteiger partial charge in [0.25, 0.3) is 0 Å². The predicted molar refractivity (Wildman–Crippen MR) is 87.2 cm³/mol. The normalized spacial score (nSPS) is 26.1. The molecule has 0 spiro atoms. The van der Waals surface area contributed by atoms with Crippen molar-refractivity contribution in [2.75, 3.05) is 39.3 Å². The molecule has 0 amide bonds. The minimum atomic E-state index is 0.335. The molecular formula is C17H35N3. The van der Waals surface area contributed by atoms with Gasteiger partial charge in [-0.15, -0.1) is 0 Å². The second kappa shape index (κ2) is 5.94. The Morgan fingerprint density at radius 3 is 1.40 bits per heavy atom. The Morgan fingerprint density at radius 2 is 1.00 bits per heavy atom. The van der Waals surface area contributed by atoms with E-state index < -0.39 is 0 Å². The largest absolute Gasteiger partial charge is 0.298 e. The zero-order valence-corrected chi connectivity index (χ0v) is 14.6. The summed E-state index contributed by atoms with van der Waals surface area (Å²) in [6, 6.07) is 0.829. The summed E-state index contributed by atoms with van der Waals surface area (Å²) < 4.78 is 0. The third-order valence-electron chi connectivity index (χ3n) is 5.19. The summed E-state index contributed by atoms with van der Waals surface area (Å²) >= 11 is 0. The van der Waals surface area contributed by atoms with E-state index in [-0.39, 0.29) is 0 Å². The SMILES string of the molecule is CC(C)(C)N1CCC(N2CCN(C(C)(C)C)CC2)CC1. The van der Waals surface area contributed by atoms with Gasteiger partial charge in [-0.3, -0.25) is 14.7 Å². The average Bonchev–Trinajstić information content (AvgIpc) is 2.37. The number of piperidine rings is 1. The van der Waals surface area contributed by atoms with Crippen molar-refractivity contribution in [3.8, 4) is 0 Å². The summed E-state index contributed by atoms with van der Waals surface area (Å²) in [6.45, 7) is 21.6. The Hall–Kier alpha value is -0.120. The fraction of sp³-hybridized carbons (Fsp3) is 1.00. The van der Waals surface area contributed by atoms with E-state index in [1.807, 2.05) is 0 Å². The van der Waals surface area contributed by atoms with Crippen molar-refractivity contribution < 1.29 is 0 Å². The third kappa shape index (κ3) is 3.96. The monoisotopic (exact) mass is 281 g/mol. The standard InChI is InChI=1S/C17H35N3/c1-16(2,3)19-9-7-15(8-10-19)18-11-13-20(14-12-18)17(4,5)6/h15H,7-14H2,1-6H3. The molecule has 0 unspecified atom stereocenters. The second-order valence-electron chi connectivity index (χ2n) is 8.58. The number of hydrogen-bond acceptors (Lipinski definition) is 3. The Bertz CT molecular complexity index is 265. The van der Waals surface area contributed by atoms with Gasteiger partial charge in [0.1, 0.15) is 0 Å². The lowest BCUT2D eigenvalue weighted by atomic mass is 9.96. The van der Waals surface area contributed by atoms with Crippen LogP contribution in [0.3, 0.4) is 0 Å². The number of likely N-dealkylation sites (tertiary alicyclic amines) is 1. The van der Waals surface area contributed by atoms with Gasteiger partial charge in [0.2, 0.25) is 0 Å². The Labute approximate surface area is 126 Å². The molecule has 0 atom stereocenters. The molecule has 0 aromatic rings. The molecule has 0 aliphatic carbocycles. The highest BCUT2D eigenvalue weighted by atomic mass is 15.3. The van der Waals surface area contributed by atoms with Gasteiger partial charge in [0, 0.05) is 56.4 Å². The summed E-state index contributed by atoms with van der Waals surface area (Å²) in [5.41, 5.74) is 0.678. The van der Waals surface area contributed by atoms with Gasteiger partial charge in [-0.05, 0) is 54.4 Å². The van der Waals surface area contributed by atoms with Gasteiger partial charge in [0.05, 0.1) is 0 Å². The van der Waals surface area contributed by atoms with Crippen molar-refractivity contribution in [2.45, 2.75) is 71.5 Å². The lowest BCUT2D eigenvalue weighted by molar-refractivity contribution is 0.0102. The fourth-order valence-electron chi connectivity index (χ4n) is 3.66. The lowest BCUT2D eigenvalue weighted by Gasteiger charge is -2.48. The average molecular weight is 281 g/mol. The summed E-state index contributed by atoms with van der Waals surface area (Å²) in [4.78, 5) is 8.03. The van der Waals surface area contributed by atoms with E-state index in [0.29, 0.717) is 11.1 Å². The zero-order chi connectivity index (χ0) is 15.0. The maximum Gasteiger partial charge on any atom is 0.0126 e. The van der Waals surface area contributed by atoms with Crippen LogP contribution in [0.1, 0.15) is 54.4 Å². The van der Waals surface area contributed by atoms with Crippen LogP contribution in [-0.4, -0.2) is 71.1 Å². The highest BCUT2D eigenvalue weighted by Crippen LogP contribution is 2.25. The molecule has 0 radical (unpaired) electrons. The van der Waals surface area contributed by atoms with Gasteiger partial charge in [-0.1, -0.05) is 0 Å². The van der Waals surface area contributed by atoms with Gasteiger partial charge < -0.3 is 0 Å². The highest BCUT2D eigenvalue weighted by molar-refractivity contribution is 4.89. The molecule has 3 nitrogen and oxygen atoms in total. The first-order valence-corrected chi connectivity index (χ1v) is 8.42. The number of rotatable bonds is 1. The van der Waals surface area contributed by atoms with Crippen LogP contribution in [0.4, 0.5) is 0 Å². The first-order chi connectivity index (χ1) is 9.18. The Balaban J connectivity index is 1.79. The van der Waals surface area contributed by atoms with Gasteiger partial charge in [-0.2, -0.15) is 0 Å². The minimum absolute atomic E-state index is 0.335. The fourth-order valence-corrected chi connectivity index (χ4v) is 3.66. The third-order valence-corrected chi connectivity index (χ3v) is 5.19. The zero-order valence-electron chi connectivity index (χ0n) is 14.6. The van der Waals surface area contributed by atoms with Gasteiger partial charge >= 0.3 is 0 Å². The number of piperazine rings is 1. The molecule has 20 heavy (non-hydrogen) atoms. The van der Waals surface area contributed by atoms with Gasteiger partial charge in [0.15, 0.2) is 0 Å². The molecule has 0 aromatic heterocycles. The molecule has 2 heterocycles. The maximum absolute atomic E-state index is 2.75. The number of nitrogens with zero attached hydrogens (tertiary/aromatic N) is 3. The molecule has 3 heteroatoms. The number of hydrogen-bond donors (Lipinski definition) is 0. The van der Waals surface area contributed by atoms with Crippen molar-refractivity contribution in [3.63, 3.8) is 0 Å².